The van der Waals surface area contributed by atoms with E-state index in [0.717, 1.165) is 12.1 Å². The summed E-state index contributed by atoms with van der Waals surface area (Å²) >= 11 is 3.08. The van der Waals surface area contributed by atoms with Gasteiger partial charge in [0, 0.05) is 17.8 Å². The Kier molecular flexibility index (Phi) is 2.94. The summed E-state index contributed by atoms with van der Waals surface area (Å²) < 4.78 is 39.7. The van der Waals surface area contributed by atoms with Crippen LogP contribution in [0.3, 0.4) is 0 Å². The Balaban J connectivity index is 2.35. The van der Waals surface area contributed by atoms with Gasteiger partial charge in [0.15, 0.2) is 5.78 Å². The average molecular weight is 308 g/mol. The van der Waals surface area contributed by atoms with Crippen LogP contribution in [0.15, 0.2) is 23.2 Å². The number of ether oxygens (including phenoxy) is 1. The lowest BCUT2D eigenvalue weighted by Gasteiger charge is -2.14. The number of alkyl halides is 4. The molecule has 1 aliphatic heterocycles. The molecule has 2 rings (SSSR count). The molecule has 0 amide bonds. The Labute approximate surface area is 102 Å². The summed E-state index contributed by atoms with van der Waals surface area (Å²) in [6.45, 7) is 0. The highest BCUT2D eigenvalue weighted by Gasteiger charge is 2.32. The van der Waals surface area contributed by atoms with Crippen LogP contribution in [-0.2, 0) is 0 Å². The van der Waals surface area contributed by atoms with E-state index in [1.54, 1.807) is 0 Å². The monoisotopic (exact) mass is 307 g/mol. The van der Waals surface area contributed by atoms with Gasteiger partial charge in [-0.05, 0) is 12.1 Å². The number of nitrogens with zero attached hydrogens (tertiary/aromatic N) is 1. The number of carbonyl (C=O) groups is 1. The summed E-state index contributed by atoms with van der Waals surface area (Å²) in [7, 11) is 0. The summed E-state index contributed by atoms with van der Waals surface area (Å²) in [5, 5.41) is 0. The Morgan fingerprint density at radius 1 is 1.35 bits per heavy atom. The van der Waals surface area contributed by atoms with Crippen LogP contribution in [-0.4, -0.2) is 23.2 Å². The van der Waals surface area contributed by atoms with Crippen LogP contribution in [0.25, 0.3) is 0 Å². The highest BCUT2D eigenvalue weighted by atomic mass is 79.9. The topological polar surface area (TPSA) is 38.7 Å². The number of rotatable bonds is 1. The number of fused-ring (bicyclic) bond motifs is 1. The second kappa shape index (κ2) is 4.14. The van der Waals surface area contributed by atoms with Crippen LogP contribution in [0, 0.1) is 0 Å². The smallest absolute Gasteiger partial charge is 0.406 e. The lowest BCUT2D eigenvalue weighted by atomic mass is 10.0. The molecule has 1 aliphatic rings. The molecule has 0 N–H and O–H groups in total. The van der Waals surface area contributed by atoms with Gasteiger partial charge in [-0.15, -0.1) is 13.2 Å². The van der Waals surface area contributed by atoms with E-state index in [-0.39, 0.29) is 17.0 Å². The number of Topliss-reactive ketones (excluding diaryl/α,β-unsaturated/α-hetero) is 1. The minimum Gasteiger partial charge on any atom is -0.406 e. The number of aliphatic imine (C=N–C) groups is 1. The summed E-state index contributed by atoms with van der Waals surface area (Å²) in [5.74, 6) is -0.636. The molecule has 1 aromatic carbocycles. The molecule has 0 bridgehead atoms. The van der Waals surface area contributed by atoms with E-state index in [1.165, 1.54) is 12.3 Å². The first-order valence-electron chi connectivity index (χ1n) is 4.49. The maximum atomic E-state index is 12.0. The number of halogens is 4. The zero-order chi connectivity index (χ0) is 12.6. The molecule has 0 radical (unpaired) electrons. The molecular formula is C10H5BrF3NO2. The number of ketones is 1. The van der Waals surface area contributed by atoms with E-state index in [1.807, 2.05) is 0 Å². The molecule has 0 saturated carbocycles. The number of hydrogen-bond acceptors (Lipinski definition) is 3. The van der Waals surface area contributed by atoms with E-state index < -0.39 is 16.9 Å². The lowest BCUT2D eigenvalue weighted by molar-refractivity contribution is -0.274. The summed E-state index contributed by atoms with van der Waals surface area (Å²) in [5.41, 5.74) is 0.441. The van der Waals surface area contributed by atoms with Crippen molar-refractivity contribution in [1.82, 2.24) is 0 Å². The van der Waals surface area contributed by atoms with Crippen molar-refractivity contribution >= 4 is 33.6 Å². The van der Waals surface area contributed by atoms with Crippen molar-refractivity contribution < 1.29 is 22.7 Å². The fourth-order valence-electron chi connectivity index (χ4n) is 1.39. The predicted molar refractivity (Wildman–Crippen MR) is 58.3 cm³/mol. The Bertz CT molecular complexity index is 499. The van der Waals surface area contributed by atoms with Gasteiger partial charge in [-0.25, -0.2) is 0 Å². The normalized spacial score (nSPS) is 19.1. The maximum Gasteiger partial charge on any atom is 0.573 e. The van der Waals surface area contributed by atoms with Gasteiger partial charge in [0.25, 0.3) is 0 Å². The maximum absolute atomic E-state index is 12.0. The predicted octanol–water partition coefficient (Wildman–Crippen LogP) is 3.25. The van der Waals surface area contributed by atoms with Crippen LogP contribution in [0.1, 0.15) is 10.4 Å². The highest BCUT2D eigenvalue weighted by molar-refractivity contribution is 9.10. The third kappa shape index (κ3) is 2.66. The molecule has 1 aromatic rings. The van der Waals surface area contributed by atoms with Crippen LogP contribution < -0.4 is 4.74 Å². The molecule has 0 aromatic heterocycles. The van der Waals surface area contributed by atoms with Gasteiger partial charge in [0.05, 0.1) is 5.69 Å². The van der Waals surface area contributed by atoms with Crippen LogP contribution in [0.5, 0.6) is 5.75 Å². The summed E-state index contributed by atoms with van der Waals surface area (Å²) in [4.78, 5) is 14.9. The third-order valence-electron chi connectivity index (χ3n) is 2.06. The second-order valence-corrected chi connectivity index (χ2v) is 4.26. The molecular weight excluding hydrogens is 303 g/mol. The van der Waals surface area contributed by atoms with Crippen molar-refractivity contribution in [2.75, 3.05) is 0 Å². The van der Waals surface area contributed by atoms with Crippen molar-refractivity contribution in [3.8, 4) is 5.75 Å². The van der Waals surface area contributed by atoms with E-state index >= 15 is 0 Å². The van der Waals surface area contributed by atoms with Gasteiger partial charge >= 0.3 is 6.36 Å². The molecule has 1 heterocycles. The van der Waals surface area contributed by atoms with Gasteiger partial charge in [0.1, 0.15) is 10.6 Å². The summed E-state index contributed by atoms with van der Waals surface area (Å²) in [6.07, 6.45) is -3.43. The third-order valence-corrected chi connectivity index (χ3v) is 2.72. The molecule has 0 aliphatic carbocycles. The van der Waals surface area contributed by atoms with Crippen LogP contribution >= 0.6 is 15.9 Å². The second-order valence-electron chi connectivity index (χ2n) is 3.27. The Hall–Kier alpha value is -1.37. The lowest BCUT2D eigenvalue weighted by Crippen LogP contribution is -2.20. The largest absolute Gasteiger partial charge is 0.573 e. The Morgan fingerprint density at radius 3 is 2.71 bits per heavy atom. The number of hydrogen-bond donors (Lipinski definition) is 0. The minimum absolute atomic E-state index is 0.174. The average Bonchev–Trinajstić information content (AvgIpc) is 2.21. The quantitative estimate of drug-likeness (QED) is 0.747. The molecule has 3 nitrogen and oxygen atoms in total. The van der Waals surface area contributed by atoms with E-state index in [4.69, 9.17) is 0 Å². The van der Waals surface area contributed by atoms with E-state index in [0.29, 0.717) is 0 Å². The van der Waals surface area contributed by atoms with Crippen molar-refractivity contribution in [2.24, 2.45) is 4.99 Å². The molecule has 17 heavy (non-hydrogen) atoms. The van der Waals surface area contributed by atoms with Crippen LogP contribution in [0.2, 0.25) is 0 Å². The standard InChI is InChI=1S/C10H5BrF3NO2/c11-7-4-15-8-3-5(17-10(12,13)14)1-2-6(8)9(7)16/h1-4,7H. The van der Waals surface area contributed by atoms with Gasteiger partial charge in [-0.3, -0.25) is 9.79 Å². The van der Waals surface area contributed by atoms with Crippen molar-refractivity contribution in [1.29, 1.82) is 0 Å². The first-order chi connectivity index (χ1) is 7.87. The molecule has 1 atom stereocenters. The Morgan fingerprint density at radius 2 is 2.06 bits per heavy atom. The van der Waals surface area contributed by atoms with Gasteiger partial charge in [0.2, 0.25) is 0 Å². The molecule has 90 valence electrons. The fraction of sp³-hybridized carbons (Fsp3) is 0.200. The first kappa shape index (κ1) is 12.1. The first-order valence-corrected chi connectivity index (χ1v) is 5.41. The van der Waals surface area contributed by atoms with Crippen molar-refractivity contribution in [2.45, 2.75) is 11.2 Å². The van der Waals surface area contributed by atoms with Gasteiger partial charge < -0.3 is 4.74 Å². The summed E-state index contributed by atoms with van der Waals surface area (Å²) in [6, 6.07) is 3.43. The van der Waals surface area contributed by atoms with Crippen molar-refractivity contribution in [3.05, 3.63) is 23.8 Å². The zero-order valence-corrected chi connectivity index (χ0v) is 9.75. The van der Waals surface area contributed by atoms with Crippen molar-refractivity contribution in [3.63, 3.8) is 0 Å². The zero-order valence-electron chi connectivity index (χ0n) is 8.16. The molecule has 1 unspecified atom stereocenters. The minimum atomic E-state index is -4.76. The molecule has 0 saturated heterocycles. The van der Waals surface area contributed by atoms with Crippen LogP contribution in [0.4, 0.5) is 18.9 Å². The van der Waals surface area contributed by atoms with E-state index in [9.17, 15) is 18.0 Å². The van der Waals surface area contributed by atoms with Gasteiger partial charge in [-0.1, -0.05) is 15.9 Å². The van der Waals surface area contributed by atoms with Gasteiger partial charge in [-0.2, -0.15) is 0 Å². The molecule has 7 heteroatoms. The molecule has 0 fully saturated rings. The van der Waals surface area contributed by atoms with E-state index in [2.05, 4.69) is 25.7 Å². The highest BCUT2D eigenvalue weighted by Crippen LogP contribution is 2.32. The SMILES string of the molecule is O=C1c2ccc(OC(F)(F)F)cc2N=CC1Br. The fourth-order valence-corrected chi connectivity index (χ4v) is 1.75. The molecule has 0 spiro atoms. The number of benzene rings is 1. The number of carbonyl (C=O) groups excluding carboxylic acids is 1.